The number of benzene rings is 1. The minimum atomic E-state index is -0.635. The zero-order chi connectivity index (χ0) is 24.6. The number of pyridine rings is 1. The summed E-state index contributed by atoms with van der Waals surface area (Å²) >= 11 is 0. The normalized spacial score (nSPS) is 17.5. The summed E-state index contributed by atoms with van der Waals surface area (Å²) in [5, 5.41) is 16.8. The number of carbonyl (C=O) groups is 2. The van der Waals surface area contributed by atoms with Gasteiger partial charge in [0.1, 0.15) is 5.82 Å². The number of piperidine rings is 1. The van der Waals surface area contributed by atoms with E-state index in [1.807, 2.05) is 17.9 Å². The second-order valence-corrected chi connectivity index (χ2v) is 9.60. The number of hydrogen-bond acceptors (Lipinski definition) is 6. The molecule has 3 N–H and O–H groups in total. The number of anilines is 1. The van der Waals surface area contributed by atoms with Crippen molar-refractivity contribution in [3.05, 3.63) is 59.3 Å². The van der Waals surface area contributed by atoms with Crippen LogP contribution in [-0.4, -0.2) is 76.6 Å². The van der Waals surface area contributed by atoms with Crippen LogP contribution in [0.4, 0.5) is 5.82 Å². The third-order valence-corrected chi connectivity index (χ3v) is 6.86. The Morgan fingerprint density at radius 3 is 2.69 bits per heavy atom. The minimum Gasteiger partial charge on any atom is -0.390 e. The van der Waals surface area contributed by atoms with Gasteiger partial charge in [-0.05, 0) is 48.9 Å². The number of carbonyl (C=O) groups excluding carboxylic acids is 2. The number of nitrogens with one attached hydrogen (secondary N) is 2. The van der Waals surface area contributed by atoms with Gasteiger partial charge in [-0.25, -0.2) is 4.98 Å². The van der Waals surface area contributed by atoms with Crippen molar-refractivity contribution >= 4 is 17.6 Å². The fraction of sp³-hybridized carbons (Fsp3) is 0.519. The maximum absolute atomic E-state index is 12.7. The summed E-state index contributed by atoms with van der Waals surface area (Å²) in [6.45, 7) is 5.98. The third-order valence-electron chi connectivity index (χ3n) is 6.86. The lowest BCUT2D eigenvalue weighted by molar-refractivity contribution is -0.132. The van der Waals surface area contributed by atoms with Crippen LogP contribution in [-0.2, 0) is 17.8 Å². The zero-order valence-electron chi connectivity index (χ0n) is 20.6. The second kappa shape index (κ2) is 12.1. The Balaban J connectivity index is 1.21. The number of nitrogens with zero attached hydrogens (tertiary/aromatic N) is 3. The highest BCUT2D eigenvalue weighted by molar-refractivity contribution is 5.94. The van der Waals surface area contributed by atoms with E-state index >= 15 is 0 Å². The maximum atomic E-state index is 12.7. The first-order valence-corrected chi connectivity index (χ1v) is 12.8. The lowest BCUT2D eigenvalue weighted by atomic mass is 10.00. The van der Waals surface area contributed by atoms with Crippen LogP contribution in [0.2, 0.25) is 0 Å². The van der Waals surface area contributed by atoms with E-state index in [9.17, 15) is 14.7 Å². The predicted octanol–water partition coefficient (Wildman–Crippen LogP) is 2.43. The number of aliphatic hydroxyl groups is 1. The third kappa shape index (κ3) is 7.02. The molecule has 0 bridgehead atoms. The van der Waals surface area contributed by atoms with Gasteiger partial charge in [0.15, 0.2) is 0 Å². The van der Waals surface area contributed by atoms with Crippen molar-refractivity contribution in [2.45, 2.75) is 57.7 Å². The SMILES string of the molecule is CCCC(=O)N1CCC(Nc2cc(C(=O)NCC(O)CN3CCc4ccccc4C3)ccn2)CC1. The highest BCUT2D eigenvalue weighted by Gasteiger charge is 2.23. The number of amides is 2. The van der Waals surface area contributed by atoms with Crippen LogP contribution >= 0.6 is 0 Å². The minimum absolute atomic E-state index is 0.201. The maximum Gasteiger partial charge on any atom is 0.251 e. The molecule has 0 aliphatic carbocycles. The molecule has 4 rings (SSSR count). The molecule has 2 aliphatic rings. The summed E-state index contributed by atoms with van der Waals surface area (Å²) in [6.07, 6.45) is 5.18. The number of likely N-dealkylation sites (tertiary alicyclic amines) is 1. The van der Waals surface area contributed by atoms with Crippen molar-refractivity contribution in [1.29, 1.82) is 0 Å². The van der Waals surface area contributed by atoms with Gasteiger partial charge < -0.3 is 20.6 Å². The molecule has 1 aromatic heterocycles. The Bertz CT molecular complexity index is 1010. The molecule has 1 saturated heterocycles. The molecule has 2 aliphatic heterocycles. The molecule has 2 amide bonds. The van der Waals surface area contributed by atoms with Crippen molar-refractivity contribution in [3.63, 3.8) is 0 Å². The standard InChI is InChI=1S/C27H37N5O3/c1-2-5-26(34)32-14-10-23(11-15-32)30-25-16-21(8-12-28-25)27(35)29-17-24(33)19-31-13-9-20-6-3-4-7-22(20)18-31/h3-4,6-8,12,16,23-24,33H,2,5,9-11,13-15,17-19H2,1H3,(H,28,30)(H,29,35). The summed E-state index contributed by atoms with van der Waals surface area (Å²) in [5.41, 5.74) is 3.20. The summed E-state index contributed by atoms with van der Waals surface area (Å²) in [7, 11) is 0. The fourth-order valence-corrected chi connectivity index (χ4v) is 4.89. The van der Waals surface area contributed by atoms with Gasteiger partial charge in [-0.1, -0.05) is 31.2 Å². The van der Waals surface area contributed by atoms with Crippen LogP contribution in [0.1, 0.15) is 54.1 Å². The molecule has 3 heterocycles. The first-order chi connectivity index (χ1) is 17.0. The Morgan fingerprint density at radius 2 is 1.91 bits per heavy atom. The molecule has 0 radical (unpaired) electrons. The molecule has 1 atom stereocenters. The van der Waals surface area contributed by atoms with Crippen molar-refractivity contribution in [3.8, 4) is 0 Å². The summed E-state index contributed by atoms with van der Waals surface area (Å²) < 4.78 is 0. The molecule has 1 fully saturated rings. The summed E-state index contributed by atoms with van der Waals surface area (Å²) in [5.74, 6) is 0.664. The van der Waals surface area contributed by atoms with Crippen LogP contribution in [0.25, 0.3) is 0 Å². The topological polar surface area (TPSA) is 97.8 Å². The van der Waals surface area contributed by atoms with Crippen LogP contribution in [0.3, 0.4) is 0 Å². The predicted molar refractivity (Wildman–Crippen MR) is 136 cm³/mol. The average Bonchev–Trinajstić information content (AvgIpc) is 2.88. The van der Waals surface area contributed by atoms with Gasteiger partial charge in [-0.15, -0.1) is 0 Å². The van der Waals surface area contributed by atoms with Gasteiger partial charge in [0.2, 0.25) is 5.91 Å². The number of hydrogen-bond donors (Lipinski definition) is 3. The molecule has 1 aromatic carbocycles. The Labute approximate surface area is 207 Å². The molecule has 1 unspecified atom stereocenters. The molecule has 2 aromatic rings. The number of fused-ring (bicyclic) bond motifs is 1. The van der Waals surface area contributed by atoms with E-state index in [2.05, 4.69) is 38.7 Å². The molecule has 8 nitrogen and oxygen atoms in total. The lowest BCUT2D eigenvalue weighted by Crippen LogP contribution is -2.42. The number of rotatable bonds is 9. The van der Waals surface area contributed by atoms with Gasteiger partial charge in [-0.3, -0.25) is 14.5 Å². The molecule has 0 saturated carbocycles. The van der Waals surface area contributed by atoms with Crippen LogP contribution < -0.4 is 10.6 Å². The van der Waals surface area contributed by atoms with E-state index in [0.717, 1.165) is 51.9 Å². The first-order valence-electron chi connectivity index (χ1n) is 12.8. The van der Waals surface area contributed by atoms with E-state index in [4.69, 9.17) is 0 Å². The summed E-state index contributed by atoms with van der Waals surface area (Å²) in [6, 6.07) is 12.1. The Hall–Kier alpha value is -2.97. The number of aliphatic hydroxyl groups excluding tert-OH is 1. The van der Waals surface area contributed by atoms with Crippen LogP contribution in [0, 0.1) is 0 Å². The highest BCUT2D eigenvalue weighted by Crippen LogP contribution is 2.19. The largest absolute Gasteiger partial charge is 0.390 e. The quantitative estimate of drug-likeness (QED) is 0.511. The lowest BCUT2D eigenvalue weighted by Gasteiger charge is -2.32. The van der Waals surface area contributed by atoms with Crippen molar-refractivity contribution in [2.75, 3.05) is 38.0 Å². The van der Waals surface area contributed by atoms with Crippen molar-refractivity contribution in [1.82, 2.24) is 20.1 Å². The van der Waals surface area contributed by atoms with E-state index in [0.29, 0.717) is 24.3 Å². The fourth-order valence-electron chi connectivity index (χ4n) is 4.89. The zero-order valence-corrected chi connectivity index (χ0v) is 20.6. The van der Waals surface area contributed by atoms with E-state index < -0.39 is 6.10 Å². The van der Waals surface area contributed by atoms with Crippen molar-refractivity contribution < 1.29 is 14.7 Å². The van der Waals surface area contributed by atoms with Crippen LogP contribution in [0.5, 0.6) is 0 Å². The Morgan fingerprint density at radius 1 is 1.14 bits per heavy atom. The Kier molecular flexibility index (Phi) is 8.71. The molecule has 35 heavy (non-hydrogen) atoms. The van der Waals surface area contributed by atoms with Crippen molar-refractivity contribution in [2.24, 2.45) is 0 Å². The molecular formula is C27H37N5O3. The van der Waals surface area contributed by atoms with Gasteiger partial charge in [0.25, 0.3) is 5.91 Å². The molecule has 188 valence electrons. The highest BCUT2D eigenvalue weighted by atomic mass is 16.3. The first kappa shape index (κ1) is 25.1. The van der Waals surface area contributed by atoms with E-state index in [1.165, 1.54) is 11.1 Å². The number of β-amino-alcohol motifs (C(OH)–C–C–N with tert-alkyl or cyclic N) is 1. The number of aromatic nitrogens is 1. The molecular weight excluding hydrogens is 442 g/mol. The van der Waals surface area contributed by atoms with Crippen LogP contribution in [0.15, 0.2) is 42.6 Å². The summed E-state index contributed by atoms with van der Waals surface area (Å²) in [4.78, 5) is 33.3. The van der Waals surface area contributed by atoms with Gasteiger partial charge in [-0.2, -0.15) is 0 Å². The van der Waals surface area contributed by atoms with Gasteiger partial charge >= 0.3 is 0 Å². The van der Waals surface area contributed by atoms with Gasteiger partial charge in [0, 0.05) is 63.5 Å². The van der Waals surface area contributed by atoms with Gasteiger partial charge in [0.05, 0.1) is 6.10 Å². The van der Waals surface area contributed by atoms with E-state index in [1.54, 1.807) is 18.3 Å². The monoisotopic (exact) mass is 479 g/mol. The smallest absolute Gasteiger partial charge is 0.251 e. The molecule has 8 heteroatoms. The molecule has 0 spiro atoms. The second-order valence-electron chi connectivity index (χ2n) is 9.60. The average molecular weight is 480 g/mol. The van der Waals surface area contributed by atoms with E-state index in [-0.39, 0.29) is 24.4 Å².